The van der Waals surface area contributed by atoms with Crippen molar-refractivity contribution < 1.29 is 4.74 Å². The minimum Gasteiger partial charge on any atom is -0.381 e. The van der Waals surface area contributed by atoms with Crippen LogP contribution in [0.2, 0.25) is 0 Å². The smallest absolute Gasteiger partial charge is 0.260 e. The van der Waals surface area contributed by atoms with Gasteiger partial charge in [0.25, 0.3) is 5.56 Å². The Labute approximate surface area is 199 Å². The van der Waals surface area contributed by atoms with Crippen molar-refractivity contribution in [1.82, 2.24) is 24.3 Å². The summed E-state index contributed by atoms with van der Waals surface area (Å²) in [5, 5.41) is 6.05. The van der Waals surface area contributed by atoms with Crippen molar-refractivity contribution in [2.24, 2.45) is 5.92 Å². The number of anilines is 1. The summed E-state index contributed by atoms with van der Waals surface area (Å²) >= 11 is 0. The lowest BCUT2D eigenvalue weighted by atomic mass is 10.0. The average molecular weight is 463 g/mol. The number of ether oxygens (including phenoxy) is 1. The van der Waals surface area contributed by atoms with Gasteiger partial charge in [-0.15, -0.1) is 0 Å². The van der Waals surface area contributed by atoms with Gasteiger partial charge in [0.2, 0.25) is 5.95 Å². The number of aromatic nitrogens is 3. The summed E-state index contributed by atoms with van der Waals surface area (Å²) in [7, 11) is 2.17. The molecule has 3 aliphatic rings. The van der Waals surface area contributed by atoms with E-state index in [2.05, 4.69) is 45.3 Å². The molecule has 180 valence electrons. The number of pyridine rings is 1. The van der Waals surface area contributed by atoms with Crippen LogP contribution in [0.25, 0.3) is 21.8 Å². The predicted molar refractivity (Wildman–Crippen MR) is 134 cm³/mol. The fourth-order valence-electron chi connectivity index (χ4n) is 5.26. The zero-order valence-corrected chi connectivity index (χ0v) is 20.0. The van der Waals surface area contributed by atoms with Gasteiger partial charge in [0, 0.05) is 75.5 Å². The molecule has 8 nitrogen and oxygen atoms in total. The van der Waals surface area contributed by atoms with Gasteiger partial charge in [-0.3, -0.25) is 14.3 Å². The molecular weight excluding hydrogens is 428 g/mol. The molecule has 0 atom stereocenters. The van der Waals surface area contributed by atoms with E-state index < -0.39 is 0 Å². The van der Waals surface area contributed by atoms with Crippen LogP contribution in [0.3, 0.4) is 0 Å². The Balaban J connectivity index is 1.42. The topological polar surface area (TPSA) is 75.5 Å². The van der Waals surface area contributed by atoms with Crippen LogP contribution < -0.4 is 10.9 Å². The molecule has 3 aromatic rings. The second-order valence-electron chi connectivity index (χ2n) is 10.2. The highest BCUT2D eigenvalue weighted by Gasteiger charge is 2.24. The number of hydrogen-bond donors (Lipinski definition) is 1. The van der Waals surface area contributed by atoms with Gasteiger partial charge in [0.15, 0.2) is 0 Å². The largest absolute Gasteiger partial charge is 0.381 e. The first-order valence-electron chi connectivity index (χ1n) is 12.7. The number of nitrogens with one attached hydrogen (secondary N) is 1. The van der Waals surface area contributed by atoms with E-state index in [9.17, 15) is 4.79 Å². The fourth-order valence-corrected chi connectivity index (χ4v) is 5.26. The molecule has 6 rings (SSSR count). The lowest BCUT2D eigenvalue weighted by molar-refractivity contribution is 0.0698. The molecule has 8 heteroatoms. The molecule has 0 amide bonds. The van der Waals surface area contributed by atoms with Crippen molar-refractivity contribution in [2.75, 3.05) is 58.3 Å². The van der Waals surface area contributed by atoms with Gasteiger partial charge in [0.05, 0.1) is 0 Å². The Morgan fingerprint density at radius 3 is 2.59 bits per heavy atom. The van der Waals surface area contributed by atoms with Gasteiger partial charge < -0.3 is 15.0 Å². The monoisotopic (exact) mass is 462 g/mol. The molecule has 0 spiro atoms. The van der Waals surface area contributed by atoms with E-state index in [0.717, 1.165) is 79.8 Å². The first-order chi connectivity index (χ1) is 16.7. The van der Waals surface area contributed by atoms with Crippen LogP contribution >= 0.6 is 0 Å². The predicted octanol–water partition coefficient (Wildman–Crippen LogP) is 2.87. The van der Waals surface area contributed by atoms with E-state index in [0.29, 0.717) is 19.2 Å². The van der Waals surface area contributed by atoms with Crippen molar-refractivity contribution in [1.29, 1.82) is 0 Å². The van der Waals surface area contributed by atoms with Crippen molar-refractivity contribution in [3.63, 3.8) is 0 Å². The number of likely N-dealkylation sites (N-methyl/N-ethyl adjacent to an activating group) is 1. The molecule has 0 radical (unpaired) electrons. The van der Waals surface area contributed by atoms with Gasteiger partial charge in [-0.1, -0.05) is 12.1 Å². The summed E-state index contributed by atoms with van der Waals surface area (Å²) in [5.41, 5.74) is 1.99. The summed E-state index contributed by atoms with van der Waals surface area (Å²) in [5.74, 6) is 1.35. The van der Waals surface area contributed by atoms with Crippen LogP contribution in [-0.2, 0) is 11.3 Å². The minimum absolute atomic E-state index is 0.0569. The molecule has 2 saturated heterocycles. The number of hydrogen-bond acceptors (Lipinski definition) is 7. The van der Waals surface area contributed by atoms with Crippen LogP contribution in [0.5, 0.6) is 0 Å². The quantitative estimate of drug-likeness (QED) is 0.565. The number of fused-ring (bicyclic) bond motifs is 3. The van der Waals surface area contributed by atoms with Crippen LogP contribution in [0.1, 0.15) is 37.3 Å². The molecule has 3 fully saturated rings. The SMILES string of the molecule is CN1CCN(Cc2ccc3c(c2)c(=O)n(C2CCOCC2)c2nc(NCC4CC4)ncc32)CC1. The Bertz CT molecular complexity index is 1240. The van der Waals surface area contributed by atoms with Gasteiger partial charge in [-0.05, 0) is 55.7 Å². The third-order valence-electron chi connectivity index (χ3n) is 7.62. The molecule has 2 aliphatic heterocycles. The van der Waals surface area contributed by atoms with Crippen LogP contribution in [0.15, 0.2) is 29.2 Å². The zero-order valence-electron chi connectivity index (χ0n) is 20.0. The highest BCUT2D eigenvalue weighted by molar-refractivity contribution is 6.04. The first-order valence-corrected chi connectivity index (χ1v) is 12.7. The van der Waals surface area contributed by atoms with Gasteiger partial charge >= 0.3 is 0 Å². The normalized spacial score (nSPS) is 20.9. The van der Waals surface area contributed by atoms with Crippen molar-refractivity contribution in [2.45, 2.75) is 38.3 Å². The number of benzene rings is 1. The molecular formula is C26H34N6O2. The van der Waals surface area contributed by atoms with Crippen molar-refractivity contribution >= 4 is 27.8 Å². The highest BCUT2D eigenvalue weighted by atomic mass is 16.5. The Morgan fingerprint density at radius 2 is 1.82 bits per heavy atom. The first kappa shape index (κ1) is 21.9. The van der Waals surface area contributed by atoms with E-state index in [-0.39, 0.29) is 11.6 Å². The van der Waals surface area contributed by atoms with Gasteiger partial charge in [0.1, 0.15) is 5.65 Å². The fraction of sp³-hybridized carbons (Fsp3) is 0.577. The lowest BCUT2D eigenvalue weighted by Gasteiger charge is -2.32. The highest BCUT2D eigenvalue weighted by Crippen LogP contribution is 2.30. The third-order valence-corrected chi connectivity index (χ3v) is 7.62. The number of piperazine rings is 1. The molecule has 2 aromatic heterocycles. The molecule has 1 N–H and O–H groups in total. The zero-order chi connectivity index (χ0) is 23.1. The van der Waals surface area contributed by atoms with E-state index in [1.54, 1.807) is 0 Å². The second-order valence-corrected chi connectivity index (χ2v) is 10.2. The summed E-state index contributed by atoms with van der Waals surface area (Å²) in [6.45, 7) is 7.42. The maximum Gasteiger partial charge on any atom is 0.260 e. The summed E-state index contributed by atoms with van der Waals surface area (Å²) < 4.78 is 7.53. The van der Waals surface area contributed by atoms with Gasteiger partial charge in [-0.25, -0.2) is 4.98 Å². The lowest BCUT2D eigenvalue weighted by Crippen LogP contribution is -2.43. The second kappa shape index (κ2) is 9.24. The van der Waals surface area contributed by atoms with Crippen LogP contribution in [0.4, 0.5) is 5.95 Å². The number of nitrogens with zero attached hydrogens (tertiary/aromatic N) is 5. The molecule has 0 unspecified atom stereocenters. The molecule has 1 aromatic carbocycles. The van der Waals surface area contributed by atoms with Crippen molar-refractivity contribution in [3.05, 3.63) is 40.3 Å². The van der Waals surface area contributed by atoms with Crippen molar-refractivity contribution in [3.8, 4) is 0 Å². The minimum atomic E-state index is 0.0569. The summed E-state index contributed by atoms with van der Waals surface area (Å²) in [6, 6.07) is 6.46. The maximum absolute atomic E-state index is 13.9. The van der Waals surface area contributed by atoms with E-state index in [4.69, 9.17) is 9.72 Å². The summed E-state index contributed by atoms with van der Waals surface area (Å²) in [4.78, 5) is 28.3. The van der Waals surface area contributed by atoms with E-state index in [1.165, 1.54) is 18.4 Å². The number of rotatable bonds is 6. The van der Waals surface area contributed by atoms with Crippen LogP contribution in [0, 0.1) is 5.92 Å². The third kappa shape index (κ3) is 4.42. The molecule has 34 heavy (non-hydrogen) atoms. The van der Waals surface area contributed by atoms with Crippen LogP contribution in [-0.4, -0.2) is 77.3 Å². The molecule has 4 heterocycles. The van der Waals surface area contributed by atoms with E-state index in [1.807, 2.05) is 10.8 Å². The average Bonchev–Trinajstić information content (AvgIpc) is 3.70. The van der Waals surface area contributed by atoms with Gasteiger partial charge in [-0.2, -0.15) is 4.98 Å². The Kier molecular flexibility index (Phi) is 5.97. The molecule has 1 aliphatic carbocycles. The maximum atomic E-state index is 13.9. The Hall–Kier alpha value is -2.55. The Morgan fingerprint density at radius 1 is 1.03 bits per heavy atom. The molecule has 0 bridgehead atoms. The summed E-state index contributed by atoms with van der Waals surface area (Å²) in [6.07, 6.45) is 6.10. The molecule has 1 saturated carbocycles. The standard InChI is InChI=1S/C26H34N6O2/c1-30-8-10-31(11-9-30)17-19-4-5-21-22(14-19)25(33)32(20-6-12-34-13-7-20)24-23(21)16-28-26(29-24)27-15-18-2-3-18/h4-5,14,16,18,20H,2-3,6-13,15,17H2,1H3,(H,27,28,29). The van der Waals surface area contributed by atoms with E-state index >= 15 is 0 Å².